The molecule has 1 amide bonds. The van der Waals surface area contributed by atoms with Crippen molar-refractivity contribution in [3.05, 3.63) is 59.2 Å². The SMILES string of the molecule is COc1ccc(S(=O)(=O)N(C)C)cc1CCC(=O)NC1CCCc2ccccc21. The molecule has 1 aliphatic carbocycles. The first-order valence-corrected chi connectivity index (χ1v) is 11.2. The lowest BCUT2D eigenvalue weighted by molar-refractivity contribution is -0.121. The summed E-state index contributed by atoms with van der Waals surface area (Å²) in [5, 5.41) is 3.14. The van der Waals surface area contributed by atoms with Gasteiger partial charge in [-0.05, 0) is 60.6 Å². The Morgan fingerprint density at radius 1 is 1.21 bits per heavy atom. The van der Waals surface area contributed by atoms with E-state index in [1.165, 1.54) is 42.7 Å². The predicted octanol–water partition coefficient (Wildman–Crippen LogP) is 3.07. The average molecular weight is 417 g/mol. The summed E-state index contributed by atoms with van der Waals surface area (Å²) in [5.74, 6) is 0.535. The number of amides is 1. The number of nitrogens with zero attached hydrogens (tertiary/aromatic N) is 1. The summed E-state index contributed by atoms with van der Waals surface area (Å²) in [6.45, 7) is 0. The fraction of sp³-hybridized carbons (Fsp3) is 0.409. The van der Waals surface area contributed by atoms with Gasteiger partial charge in [-0.3, -0.25) is 4.79 Å². The van der Waals surface area contributed by atoms with Crippen LogP contribution in [-0.2, 0) is 27.7 Å². The summed E-state index contributed by atoms with van der Waals surface area (Å²) in [6.07, 6.45) is 3.70. The number of methoxy groups -OCH3 is 1. The number of benzene rings is 2. The molecule has 7 heteroatoms. The van der Waals surface area contributed by atoms with Gasteiger partial charge in [0.05, 0.1) is 18.0 Å². The van der Waals surface area contributed by atoms with Crippen LogP contribution in [0, 0.1) is 0 Å². The normalized spacial score (nSPS) is 16.3. The van der Waals surface area contributed by atoms with Gasteiger partial charge in [-0.15, -0.1) is 0 Å². The fourth-order valence-corrected chi connectivity index (χ4v) is 4.69. The van der Waals surface area contributed by atoms with Crippen LogP contribution in [0.4, 0.5) is 0 Å². The maximum Gasteiger partial charge on any atom is 0.242 e. The van der Waals surface area contributed by atoms with E-state index in [2.05, 4.69) is 17.4 Å². The van der Waals surface area contributed by atoms with E-state index in [-0.39, 0.29) is 23.3 Å². The number of rotatable bonds is 7. The van der Waals surface area contributed by atoms with Crippen LogP contribution < -0.4 is 10.1 Å². The Hall–Kier alpha value is -2.38. The van der Waals surface area contributed by atoms with Crippen molar-refractivity contribution in [2.24, 2.45) is 0 Å². The van der Waals surface area contributed by atoms with Crippen LogP contribution in [0.1, 0.15) is 42.0 Å². The summed E-state index contributed by atoms with van der Waals surface area (Å²) in [5.41, 5.74) is 3.20. The molecule has 3 rings (SSSR count). The third-order valence-corrected chi connectivity index (χ3v) is 7.17. The van der Waals surface area contributed by atoms with Crippen molar-refractivity contribution in [1.82, 2.24) is 9.62 Å². The quantitative estimate of drug-likeness (QED) is 0.753. The van der Waals surface area contributed by atoms with Gasteiger partial charge in [-0.1, -0.05) is 24.3 Å². The minimum Gasteiger partial charge on any atom is -0.496 e. The van der Waals surface area contributed by atoms with Crippen molar-refractivity contribution >= 4 is 15.9 Å². The van der Waals surface area contributed by atoms with Crippen LogP contribution in [0.2, 0.25) is 0 Å². The second kappa shape index (κ2) is 8.97. The first-order chi connectivity index (χ1) is 13.8. The summed E-state index contributed by atoms with van der Waals surface area (Å²) >= 11 is 0. The smallest absolute Gasteiger partial charge is 0.242 e. The van der Waals surface area contributed by atoms with Gasteiger partial charge in [0.2, 0.25) is 15.9 Å². The molecule has 0 saturated carbocycles. The molecule has 1 unspecified atom stereocenters. The van der Waals surface area contributed by atoms with E-state index in [0.717, 1.165) is 19.3 Å². The zero-order chi connectivity index (χ0) is 21.0. The molecule has 0 aromatic heterocycles. The Labute approximate surface area is 172 Å². The van der Waals surface area contributed by atoms with E-state index in [1.54, 1.807) is 12.1 Å². The number of nitrogens with one attached hydrogen (secondary N) is 1. The number of sulfonamides is 1. The van der Waals surface area contributed by atoms with Crippen LogP contribution in [0.3, 0.4) is 0 Å². The number of carbonyl (C=O) groups is 1. The Morgan fingerprint density at radius 2 is 1.97 bits per heavy atom. The summed E-state index contributed by atoms with van der Waals surface area (Å²) < 4.78 is 31.3. The molecule has 0 heterocycles. The van der Waals surface area contributed by atoms with Gasteiger partial charge in [0.1, 0.15) is 5.75 Å². The van der Waals surface area contributed by atoms with Crippen molar-refractivity contribution in [2.75, 3.05) is 21.2 Å². The standard InChI is InChI=1S/C22H28N2O4S/c1-24(2)29(26,27)18-12-13-21(28-3)17(15-18)11-14-22(25)23-20-10-6-8-16-7-4-5-9-19(16)20/h4-5,7,9,12-13,15,20H,6,8,10-11,14H2,1-3H3,(H,23,25). The molecule has 0 bridgehead atoms. The molecule has 0 fully saturated rings. The molecule has 1 atom stereocenters. The Bertz CT molecular complexity index is 986. The Balaban J connectivity index is 1.70. The molecule has 0 spiro atoms. The molecule has 0 saturated heterocycles. The van der Waals surface area contributed by atoms with Crippen LogP contribution in [0.5, 0.6) is 5.75 Å². The number of ether oxygens (including phenoxy) is 1. The van der Waals surface area contributed by atoms with Gasteiger partial charge in [-0.2, -0.15) is 0 Å². The maximum atomic E-state index is 12.6. The Morgan fingerprint density at radius 3 is 2.69 bits per heavy atom. The minimum absolute atomic E-state index is 0.0369. The molecule has 2 aromatic rings. The van der Waals surface area contributed by atoms with Crippen molar-refractivity contribution in [3.63, 3.8) is 0 Å². The van der Waals surface area contributed by atoms with E-state index in [4.69, 9.17) is 4.74 Å². The molecule has 2 aromatic carbocycles. The van der Waals surface area contributed by atoms with Crippen LogP contribution in [0.25, 0.3) is 0 Å². The van der Waals surface area contributed by atoms with Crippen molar-refractivity contribution in [2.45, 2.75) is 43.0 Å². The number of aryl methyl sites for hydroxylation is 2. The largest absolute Gasteiger partial charge is 0.496 e. The highest BCUT2D eigenvalue weighted by Crippen LogP contribution is 2.30. The summed E-state index contributed by atoms with van der Waals surface area (Å²) in [7, 11) is 0.987. The third kappa shape index (κ3) is 4.79. The molecule has 29 heavy (non-hydrogen) atoms. The molecule has 156 valence electrons. The van der Waals surface area contributed by atoms with E-state index in [1.807, 2.05) is 12.1 Å². The predicted molar refractivity (Wildman–Crippen MR) is 112 cm³/mol. The summed E-state index contributed by atoms with van der Waals surface area (Å²) in [6, 6.07) is 13.0. The molecule has 1 N–H and O–H groups in total. The Kier molecular flexibility index (Phi) is 6.59. The highest BCUT2D eigenvalue weighted by atomic mass is 32.2. The van der Waals surface area contributed by atoms with Crippen molar-refractivity contribution in [1.29, 1.82) is 0 Å². The van der Waals surface area contributed by atoms with Gasteiger partial charge >= 0.3 is 0 Å². The zero-order valence-electron chi connectivity index (χ0n) is 17.1. The minimum atomic E-state index is -3.54. The van der Waals surface area contributed by atoms with Crippen LogP contribution in [-0.4, -0.2) is 39.8 Å². The van der Waals surface area contributed by atoms with Gasteiger partial charge in [0, 0.05) is 20.5 Å². The molecular formula is C22H28N2O4S. The molecule has 0 aliphatic heterocycles. The number of carbonyl (C=O) groups excluding carboxylic acids is 1. The fourth-order valence-electron chi connectivity index (χ4n) is 3.74. The van der Waals surface area contributed by atoms with Gasteiger partial charge in [-0.25, -0.2) is 12.7 Å². The van der Waals surface area contributed by atoms with E-state index >= 15 is 0 Å². The monoisotopic (exact) mass is 416 g/mol. The van der Waals surface area contributed by atoms with E-state index in [0.29, 0.717) is 17.7 Å². The average Bonchev–Trinajstić information content (AvgIpc) is 2.72. The molecule has 6 nitrogen and oxygen atoms in total. The van der Waals surface area contributed by atoms with Crippen molar-refractivity contribution < 1.29 is 17.9 Å². The highest BCUT2D eigenvalue weighted by molar-refractivity contribution is 7.89. The van der Waals surface area contributed by atoms with Gasteiger partial charge < -0.3 is 10.1 Å². The number of fused-ring (bicyclic) bond motifs is 1. The topological polar surface area (TPSA) is 75.7 Å². The highest BCUT2D eigenvalue weighted by Gasteiger charge is 2.22. The van der Waals surface area contributed by atoms with Crippen molar-refractivity contribution in [3.8, 4) is 5.75 Å². The van der Waals surface area contributed by atoms with Crippen LogP contribution >= 0.6 is 0 Å². The van der Waals surface area contributed by atoms with E-state index in [9.17, 15) is 13.2 Å². The van der Waals surface area contributed by atoms with E-state index < -0.39 is 10.0 Å². The molecule has 0 radical (unpaired) electrons. The third-order valence-electron chi connectivity index (χ3n) is 5.36. The first kappa shape index (κ1) is 21.3. The lowest BCUT2D eigenvalue weighted by atomic mass is 9.87. The first-order valence-electron chi connectivity index (χ1n) is 9.79. The lowest BCUT2D eigenvalue weighted by Gasteiger charge is -2.26. The number of hydrogen-bond acceptors (Lipinski definition) is 4. The van der Waals surface area contributed by atoms with Gasteiger partial charge in [0.15, 0.2) is 0 Å². The number of hydrogen-bond donors (Lipinski definition) is 1. The van der Waals surface area contributed by atoms with Gasteiger partial charge in [0.25, 0.3) is 0 Å². The zero-order valence-corrected chi connectivity index (χ0v) is 18.0. The molecular weight excluding hydrogens is 388 g/mol. The maximum absolute atomic E-state index is 12.6. The second-order valence-electron chi connectivity index (χ2n) is 7.47. The lowest BCUT2D eigenvalue weighted by Crippen LogP contribution is -2.31. The summed E-state index contributed by atoms with van der Waals surface area (Å²) in [4.78, 5) is 12.8. The molecule has 1 aliphatic rings. The second-order valence-corrected chi connectivity index (χ2v) is 9.62. The van der Waals surface area contributed by atoms with Crippen LogP contribution in [0.15, 0.2) is 47.4 Å².